The van der Waals surface area contributed by atoms with E-state index in [1.807, 2.05) is 0 Å². The first-order valence-electron chi connectivity index (χ1n) is 12.2. The molecular weight excluding hydrogens is 460 g/mol. The Balaban J connectivity index is 2.21. The average Bonchev–Trinajstić information content (AvgIpc) is 3.30. The summed E-state index contributed by atoms with van der Waals surface area (Å²) in [6.45, 7) is 3.73. The van der Waals surface area contributed by atoms with E-state index in [1.54, 1.807) is 4.90 Å². The number of nitrogens with one attached hydrogen (secondary N) is 1. The Hall–Kier alpha value is -2.21. The third-order valence-electron chi connectivity index (χ3n) is 6.62. The molecule has 11 nitrogen and oxygen atoms in total. The average molecular weight is 501 g/mol. The van der Waals surface area contributed by atoms with Crippen LogP contribution in [0.4, 0.5) is 0 Å². The van der Waals surface area contributed by atoms with Crippen LogP contribution in [0.25, 0.3) is 0 Å². The van der Waals surface area contributed by atoms with Gasteiger partial charge in [-0.05, 0) is 52.4 Å². The van der Waals surface area contributed by atoms with Gasteiger partial charge in [-0.1, -0.05) is 19.3 Å². The maximum atomic E-state index is 13.8. The second-order valence-corrected chi connectivity index (χ2v) is 11.2. The van der Waals surface area contributed by atoms with Gasteiger partial charge in [0, 0.05) is 19.1 Å². The second kappa shape index (κ2) is 13.0. The number of amides is 2. The molecule has 194 valence electrons. The fourth-order valence-electron chi connectivity index (χ4n) is 4.87. The molecule has 0 aromatic heterocycles. The van der Waals surface area contributed by atoms with Crippen molar-refractivity contribution in [3.63, 3.8) is 0 Å². The van der Waals surface area contributed by atoms with Gasteiger partial charge in [-0.2, -0.15) is 0 Å². The van der Waals surface area contributed by atoms with Crippen molar-refractivity contribution in [2.24, 2.45) is 16.5 Å². The Morgan fingerprint density at radius 3 is 2.44 bits per heavy atom. The first-order chi connectivity index (χ1) is 16.1. The lowest BCUT2D eigenvalue weighted by atomic mass is 9.91. The number of guanidine groups is 1. The molecule has 0 aromatic carbocycles. The van der Waals surface area contributed by atoms with Gasteiger partial charge in [-0.3, -0.25) is 14.6 Å². The molecule has 0 aromatic rings. The van der Waals surface area contributed by atoms with Crippen LogP contribution < -0.4 is 16.2 Å². The SMILES string of the molecule is CCS(=O)(=O)N[C@@H](C)C(=O)N1CCC[C@H]1C(=O)N(C1CCCCC1)[C@H](C=O)CCCN=C(N)N. The molecule has 1 aliphatic heterocycles. The quantitative estimate of drug-likeness (QED) is 0.148. The van der Waals surface area contributed by atoms with Crippen LogP contribution in [0.15, 0.2) is 4.99 Å². The summed E-state index contributed by atoms with van der Waals surface area (Å²) in [6.07, 6.45) is 7.60. The topological polar surface area (TPSA) is 168 Å². The number of rotatable bonds is 12. The third-order valence-corrected chi connectivity index (χ3v) is 8.09. The highest BCUT2D eigenvalue weighted by atomic mass is 32.2. The molecular formula is C22H40N6O5S. The van der Waals surface area contributed by atoms with Crippen molar-refractivity contribution in [3.05, 3.63) is 0 Å². The number of nitrogens with two attached hydrogens (primary N) is 2. The van der Waals surface area contributed by atoms with Gasteiger partial charge < -0.3 is 26.1 Å². The molecule has 2 rings (SSSR count). The van der Waals surface area contributed by atoms with Gasteiger partial charge in [0.05, 0.1) is 17.8 Å². The summed E-state index contributed by atoms with van der Waals surface area (Å²) in [4.78, 5) is 46.2. The highest BCUT2D eigenvalue weighted by Crippen LogP contribution is 2.29. The van der Waals surface area contributed by atoms with E-state index in [1.165, 1.54) is 18.7 Å². The first kappa shape index (κ1) is 28.0. The Bertz CT molecular complexity index is 839. The van der Waals surface area contributed by atoms with Crippen LogP contribution in [0.1, 0.15) is 71.6 Å². The highest BCUT2D eigenvalue weighted by molar-refractivity contribution is 7.89. The summed E-state index contributed by atoms with van der Waals surface area (Å²) < 4.78 is 26.2. The summed E-state index contributed by atoms with van der Waals surface area (Å²) in [5.41, 5.74) is 10.8. The molecule has 3 atom stereocenters. The fourth-order valence-corrected chi connectivity index (χ4v) is 5.67. The second-order valence-electron chi connectivity index (χ2n) is 9.12. The number of aldehydes is 1. The molecule has 1 saturated heterocycles. The maximum Gasteiger partial charge on any atom is 0.246 e. The first-order valence-corrected chi connectivity index (χ1v) is 13.9. The standard InChI is InChI=1S/C22H40N6O5S/c1-3-34(32,33)26-16(2)20(30)27-14-8-12-19(27)21(31)28(17-9-5-4-6-10-17)18(15-29)11-7-13-25-22(23)24/h15-19,26H,3-14H2,1-2H3,(H4,23,24,25)/t16-,18-,19-/m0/s1. The highest BCUT2D eigenvalue weighted by Gasteiger charge is 2.42. The lowest BCUT2D eigenvalue weighted by molar-refractivity contribution is -0.149. The van der Waals surface area contributed by atoms with E-state index in [0.29, 0.717) is 38.8 Å². The smallest absolute Gasteiger partial charge is 0.246 e. The summed E-state index contributed by atoms with van der Waals surface area (Å²) >= 11 is 0. The van der Waals surface area contributed by atoms with E-state index in [9.17, 15) is 22.8 Å². The van der Waals surface area contributed by atoms with Crippen LogP contribution in [-0.4, -0.2) is 85.3 Å². The molecule has 2 amide bonds. The molecule has 1 aliphatic carbocycles. The third kappa shape index (κ3) is 7.66. The molecule has 12 heteroatoms. The predicted molar refractivity (Wildman–Crippen MR) is 130 cm³/mol. The van der Waals surface area contributed by atoms with Crippen molar-refractivity contribution >= 4 is 34.1 Å². The predicted octanol–water partition coefficient (Wildman–Crippen LogP) is 0.0876. The van der Waals surface area contributed by atoms with Crippen molar-refractivity contribution in [2.45, 2.75) is 95.8 Å². The van der Waals surface area contributed by atoms with E-state index in [-0.39, 0.29) is 23.7 Å². The van der Waals surface area contributed by atoms with Gasteiger partial charge >= 0.3 is 0 Å². The molecule has 0 bridgehead atoms. The van der Waals surface area contributed by atoms with E-state index >= 15 is 0 Å². The number of aliphatic imine (C=N–C) groups is 1. The number of carbonyl (C=O) groups is 3. The normalized spacial score (nSPS) is 21.0. The number of nitrogens with zero attached hydrogens (tertiary/aromatic N) is 3. The lowest BCUT2D eigenvalue weighted by Gasteiger charge is -2.41. The maximum absolute atomic E-state index is 13.8. The summed E-state index contributed by atoms with van der Waals surface area (Å²) in [6, 6.07) is -2.36. The van der Waals surface area contributed by atoms with E-state index < -0.39 is 34.1 Å². The van der Waals surface area contributed by atoms with Crippen molar-refractivity contribution in [1.82, 2.24) is 14.5 Å². The molecule has 0 unspecified atom stereocenters. The van der Waals surface area contributed by atoms with Gasteiger partial charge in [0.1, 0.15) is 12.3 Å². The minimum absolute atomic E-state index is 0.0178. The number of hydrogen-bond donors (Lipinski definition) is 3. The van der Waals surface area contributed by atoms with Crippen LogP contribution in [-0.2, 0) is 24.4 Å². The largest absolute Gasteiger partial charge is 0.370 e. The Labute approximate surface area is 202 Å². The van der Waals surface area contributed by atoms with Crippen molar-refractivity contribution in [2.75, 3.05) is 18.8 Å². The number of likely N-dealkylation sites (tertiary alicyclic amines) is 1. The Morgan fingerprint density at radius 1 is 1.18 bits per heavy atom. The fraction of sp³-hybridized carbons (Fsp3) is 0.818. The van der Waals surface area contributed by atoms with Crippen molar-refractivity contribution in [3.8, 4) is 0 Å². The monoisotopic (exact) mass is 500 g/mol. The van der Waals surface area contributed by atoms with Gasteiger partial charge in [0.2, 0.25) is 21.8 Å². The molecule has 5 N–H and O–H groups in total. The minimum Gasteiger partial charge on any atom is -0.370 e. The summed E-state index contributed by atoms with van der Waals surface area (Å²) in [5.74, 6) is -0.812. The summed E-state index contributed by atoms with van der Waals surface area (Å²) in [7, 11) is -3.57. The van der Waals surface area contributed by atoms with Gasteiger partial charge in [0.15, 0.2) is 5.96 Å². The zero-order chi connectivity index (χ0) is 25.3. The Kier molecular flexibility index (Phi) is 10.7. The number of hydrogen-bond acceptors (Lipinski definition) is 6. The van der Waals surface area contributed by atoms with Crippen molar-refractivity contribution in [1.29, 1.82) is 0 Å². The molecule has 34 heavy (non-hydrogen) atoms. The van der Waals surface area contributed by atoms with E-state index in [2.05, 4.69) is 9.71 Å². The van der Waals surface area contributed by atoms with Gasteiger partial charge in [0.25, 0.3) is 0 Å². The molecule has 1 saturated carbocycles. The zero-order valence-corrected chi connectivity index (χ0v) is 21.1. The zero-order valence-electron chi connectivity index (χ0n) is 20.3. The van der Waals surface area contributed by atoms with Crippen LogP contribution in [0.5, 0.6) is 0 Å². The van der Waals surface area contributed by atoms with E-state index in [0.717, 1.165) is 38.4 Å². The molecule has 2 aliphatic rings. The molecule has 2 fully saturated rings. The van der Waals surface area contributed by atoms with E-state index in [4.69, 9.17) is 11.5 Å². The van der Waals surface area contributed by atoms with Crippen LogP contribution in [0.3, 0.4) is 0 Å². The molecule has 0 spiro atoms. The Morgan fingerprint density at radius 2 is 1.85 bits per heavy atom. The number of carbonyl (C=O) groups excluding carboxylic acids is 3. The minimum atomic E-state index is -3.57. The van der Waals surface area contributed by atoms with Crippen LogP contribution in [0, 0.1) is 0 Å². The number of sulfonamides is 1. The van der Waals surface area contributed by atoms with Crippen LogP contribution >= 0.6 is 0 Å². The van der Waals surface area contributed by atoms with Crippen LogP contribution in [0.2, 0.25) is 0 Å². The molecule has 1 heterocycles. The van der Waals surface area contributed by atoms with Crippen molar-refractivity contribution < 1.29 is 22.8 Å². The molecule has 0 radical (unpaired) electrons. The summed E-state index contributed by atoms with van der Waals surface area (Å²) in [5, 5.41) is 0. The van der Waals surface area contributed by atoms with Gasteiger partial charge in [-0.25, -0.2) is 13.1 Å². The van der Waals surface area contributed by atoms with Gasteiger partial charge in [-0.15, -0.1) is 0 Å². The lowest BCUT2D eigenvalue weighted by Crippen LogP contribution is -2.57.